The minimum absolute atomic E-state index is 0.113. The van der Waals surface area contributed by atoms with Crippen molar-refractivity contribution in [1.29, 1.82) is 0 Å². The molecule has 40 heavy (non-hydrogen) atoms. The number of likely N-dealkylation sites (tertiary alicyclic amines) is 1. The van der Waals surface area contributed by atoms with Crippen molar-refractivity contribution < 1.29 is 33.7 Å². The van der Waals surface area contributed by atoms with E-state index >= 15 is 0 Å². The Morgan fingerprint density at radius 3 is 2.48 bits per heavy atom. The highest BCUT2D eigenvalue weighted by atomic mass is 16.6. The molecular formula is C30H45N3O7. The number of esters is 1. The summed E-state index contributed by atoms with van der Waals surface area (Å²) in [6.45, 7) is 10.4. The van der Waals surface area contributed by atoms with Gasteiger partial charge in [0.05, 0.1) is 38.4 Å². The van der Waals surface area contributed by atoms with Gasteiger partial charge >= 0.3 is 5.97 Å². The first kappa shape index (κ1) is 29.2. The standard InChI is InChI=1S/C30H45N3O7/c1-4-29-10-7-5-6-8-17-39-28(37)24(29)23-26(35)33(22(20-34)21(2)3)25-27(36)32(12-9-11-30(23,25)40-29)14-13-31-15-18-38-19-16-31/h7,9-11,21-25,34H,4-6,8,12-20H2,1-3H3/b10-7-/t22-,23-,24-,25?,29+,30-/m0/s1. The molecular weight excluding hydrogens is 514 g/mol. The summed E-state index contributed by atoms with van der Waals surface area (Å²) < 4.78 is 18.2. The van der Waals surface area contributed by atoms with Crippen LogP contribution in [-0.2, 0) is 28.6 Å². The number of cyclic esters (lactones) is 1. The maximum absolute atomic E-state index is 14.5. The first-order valence-electron chi connectivity index (χ1n) is 15.0. The summed E-state index contributed by atoms with van der Waals surface area (Å²) in [6.07, 6.45) is 10.7. The summed E-state index contributed by atoms with van der Waals surface area (Å²) in [5.41, 5.74) is -2.42. The van der Waals surface area contributed by atoms with E-state index in [-0.39, 0.29) is 24.3 Å². The Bertz CT molecular complexity index is 1020. The molecule has 0 aliphatic carbocycles. The van der Waals surface area contributed by atoms with E-state index in [1.54, 1.807) is 9.80 Å². The average Bonchev–Trinajstić information content (AvgIpc) is 3.31. The van der Waals surface area contributed by atoms with Gasteiger partial charge in [0.2, 0.25) is 11.8 Å². The third kappa shape index (κ3) is 4.91. The van der Waals surface area contributed by atoms with Gasteiger partial charge in [-0.2, -0.15) is 0 Å². The lowest BCUT2D eigenvalue weighted by Crippen LogP contribution is -2.60. The molecule has 2 amide bonds. The largest absolute Gasteiger partial charge is 0.465 e. The van der Waals surface area contributed by atoms with Crippen LogP contribution >= 0.6 is 0 Å². The van der Waals surface area contributed by atoms with Crippen LogP contribution in [0.4, 0.5) is 0 Å². The SMILES string of the molecule is CC[C@@]12/C=C\CCCCOC(=O)[C@@H]1[C@H]1C(=O)N([C@@H](CO)C(C)C)C3C(=O)N(CCN4CCOCC4)CC=C[C@@]31O2. The molecule has 0 bridgehead atoms. The van der Waals surface area contributed by atoms with E-state index in [9.17, 15) is 19.5 Å². The normalized spacial score (nSPS) is 36.6. The molecule has 3 fully saturated rings. The lowest BCUT2D eigenvalue weighted by atomic mass is 9.73. The topological polar surface area (TPSA) is 109 Å². The Kier molecular flexibility index (Phi) is 8.71. The van der Waals surface area contributed by atoms with Crippen molar-refractivity contribution in [1.82, 2.24) is 14.7 Å². The van der Waals surface area contributed by atoms with E-state index in [0.717, 1.165) is 32.4 Å². The average molecular weight is 560 g/mol. The number of ether oxygens (including phenoxy) is 3. The van der Waals surface area contributed by atoms with Crippen LogP contribution in [0.1, 0.15) is 46.5 Å². The van der Waals surface area contributed by atoms with E-state index in [2.05, 4.69) is 4.90 Å². The predicted octanol–water partition coefficient (Wildman–Crippen LogP) is 1.38. The molecule has 3 saturated heterocycles. The van der Waals surface area contributed by atoms with Crippen LogP contribution in [0.2, 0.25) is 0 Å². The molecule has 0 saturated carbocycles. The van der Waals surface area contributed by atoms with Gasteiger partial charge in [0, 0.05) is 32.7 Å². The summed E-state index contributed by atoms with van der Waals surface area (Å²) in [4.78, 5) is 48.4. The van der Waals surface area contributed by atoms with Gasteiger partial charge in [0.15, 0.2) is 0 Å². The second-order valence-electron chi connectivity index (χ2n) is 12.1. The van der Waals surface area contributed by atoms with Crippen molar-refractivity contribution >= 4 is 17.8 Å². The fourth-order valence-electron chi connectivity index (χ4n) is 7.29. The molecule has 1 N–H and O–H groups in total. The van der Waals surface area contributed by atoms with Gasteiger partial charge in [0.1, 0.15) is 23.2 Å². The molecule has 0 aromatic rings. The number of aliphatic hydroxyl groups excluding tert-OH is 1. The molecule has 0 radical (unpaired) electrons. The monoisotopic (exact) mass is 559 g/mol. The molecule has 10 nitrogen and oxygen atoms in total. The Morgan fingerprint density at radius 2 is 1.77 bits per heavy atom. The van der Waals surface area contributed by atoms with Crippen molar-refractivity contribution in [2.75, 3.05) is 59.2 Å². The molecule has 222 valence electrons. The number of fused-ring (bicyclic) bond motifs is 2. The van der Waals surface area contributed by atoms with Crippen molar-refractivity contribution in [3.8, 4) is 0 Å². The van der Waals surface area contributed by atoms with Gasteiger partial charge in [-0.25, -0.2) is 0 Å². The minimum atomic E-state index is -1.34. The fourth-order valence-corrected chi connectivity index (χ4v) is 7.29. The first-order valence-corrected chi connectivity index (χ1v) is 15.0. The second-order valence-corrected chi connectivity index (χ2v) is 12.1. The van der Waals surface area contributed by atoms with E-state index in [0.29, 0.717) is 45.9 Å². The lowest BCUT2D eigenvalue weighted by molar-refractivity contribution is -0.164. The van der Waals surface area contributed by atoms with E-state index in [1.807, 2.05) is 45.1 Å². The number of morpholine rings is 1. The number of nitrogens with zero attached hydrogens (tertiary/aromatic N) is 3. The van der Waals surface area contributed by atoms with Crippen molar-refractivity contribution in [2.45, 2.75) is 69.7 Å². The summed E-state index contributed by atoms with van der Waals surface area (Å²) in [5.74, 6) is -2.92. The van der Waals surface area contributed by atoms with Gasteiger partial charge in [-0.05, 0) is 31.6 Å². The van der Waals surface area contributed by atoms with Gasteiger partial charge in [-0.1, -0.05) is 45.1 Å². The molecule has 6 atom stereocenters. The van der Waals surface area contributed by atoms with E-state index < -0.39 is 41.1 Å². The van der Waals surface area contributed by atoms with Crippen molar-refractivity contribution in [2.24, 2.45) is 17.8 Å². The van der Waals surface area contributed by atoms with E-state index in [4.69, 9.17) is 14.2 Å². The lowest BCUT2D eigenvalue weighted by Gasteiger charge is -2.42. The molecule has 5 heterocycles. The maximum Gasteiger partial charge on any atom is 0.313 e. The van der Waals surface area contributed by atoms with Crippen molar-refractivity contribution in [3.63, 3.8) is 0 Å². The van der Waals surface area contributed by atoms with Gasteiger partial charge < -0.3 is 29.1 Å². The number of hydrogen-bond acceptors (Lipinski definition) is 8. The number of rotatable bonds is 7. The fraction of sp³-hybridized carbons (Fsp3) is 0.767. The molecule has 1 unspecified atom stereocenters. The van der Waals surface area contributed by atoms with Crippen LogP contribution in [0.5, 0.6) is 0 Å². The van der Waals surface area contributed by atoms with Crippen molar-refractivity contribution in [3.05, 3.63) is 24.3 Å². The number of amides is 2. The zero-order chi connectivity index (χ0) is 28.5. The molecule has 5 aliphatic rings. The highest BCUT2D eigenvalue weighted by molar-refractivity contribution is 5.99. The van der Waals surface area contributed by atoms with Crippen LogP contribution in [-0.4, -0.2) is 120 Å². The Balaban J connectivity index is 1.58. The molecule has 5 aliphatic heterocycles. The number of hydrogen-bond donors (Lipinski definition) is 1. The number of aliphatic hydroxyl groups is 1. The van der Waals surface area contributed by atoms with Crippen LogP contribution in [0, 0.1) is 17.8 Å². The summed E-state index contributed by atoms with van der Waals surface area (Å²) in [5, 5.41) is 10.5. The van der Waals surface area contributed by atoms with Crippen LogP contribution in [0.15, 0.2) is 24.3 Å². The van der Waals surface area contributed by atoms with Crippen LogP contribution in [0.3, 0.4) is 0 Å². The second kappa shape index (κ2) is 11.9. The van der Waals surface area contributed by atoms with Gasteiger partial charge in [0.25, 0.3) is 0 Å². The summed E-state index contributed by atoms with van der Waals surface area (Å²) >= 11 is 0. The molecule has 0 aromatic carbocycles. The third-order valence-electron chi connectivity index (χ3n) is 9.51. The van der Waals surface area contributed by atoms with Gasteiger partial charge in [-0.3, -0.25) is 19.3 Å². The van der Waals surface area contributed by atoms with Crippen LogP contribution in [0.25, 0.3) is 0 Å². The Hall–Kier alpha value is -2.27. The Morgan fingerprint density at radius 1 is 1.00 bits per heavy atom. The maximum atomic E-state index is 14.5. The summed E-state index contributed by atoms with van der Waals surface area (Å²) in [7, 11) is 0. The quantitative estimate of drug-likeness (QED) is 0.368. The highest BCUT2D eigenvalue weighted by Gasteiger charge is 2.76. The number of allylic oxidation sites excluding steroid dienone is 1. The zero-order valence-electron chi connectivity index (χ0n) is 24.1. The smallest absolute Gasteiger partial charge is 0.313 e. The molecule has 10 heteroatoms. The first-order chi connectivity index (χ1) is 19.3. The van der Waals surface area contributed by atoms with Gasteiger partial charge in [-0.15, -0.1) is 0 Å². The third-order valence-corrected chi connectivity index (χ3v) is 9.51. The number of carbonyl (C=O) groups excluding carboxylic acids is 3. The van der Waals surface area contributed by atoms with E-state index in [1.165, 1.54) is 0 Å². The highest BCUT2D eigenvalue weighted by Crippen LogP contribution is 2.58. The molecule has 5 rings (SSSR count). The number of carbonyl (C=O) groups is 3. The Labute approximate surface area is 237 Å². The van der Waals surface area contributed by atoms with Crippen LogP contribution < -0.4 is 0 Å². The molecule has 1 spiro atoms. The summed E-state index contributed by atoms with van der Waals surface area (Å²) in [6, 6.07) is -1.59. The minimum Gasteiger partial charge on any atom is -0.465 e. The zero-order valence-corrected chi connectivity index (χ0v) is 24.1. The molecule has 0 aromatic heterocycles. The predicted molar refractivity (Wildman–Crippen MR) is 147 cm³/mol.